The molecule has 11 rings (SSSR count). The molecule has 10 N–H and O–H groups in total. The van der Waals surface area contributed by atoms with Crippen LogP contribution in [-0.4, -0.2) is 104 Å². The Morgan fingerprint density at radius 3 is 1.27 bits per heavy atom. The highest BCUT2D eigenvalue weighted by atomic mass is 79.9. The van der Waals surface area contributed by atoms with Crippen molar-refractivity contribution < 1.29 is 24.1 Å². The van der Waals surface area contributed by atoms with Gasteiger partial charge in [-0.15, -0.1) is 0 Å². The van der Waals surface area contributed by atoms with Crippen LogP contribution in [0.3, 0.4) is 0 Å². The van der Waals surface area contributed by atoms with Gasteiger partial charge in [0.05, 0.1) is 78.5 Å². The minimum Gasteiger partial charge on any atom is -0.399 e. The van der Waals surface area contributed by atoms with Gasteiger partial charge in [0.25, 0.3) is 0 Å². The molecule has 1 fully saturated rings. The lowest BCUT2D eigenvalue weighted by Gasteiger charge is -2.32. The number of nitro groups is 3. The summed E-state index contributed by atoms with van der Waals surface area (Å²) in [5.74, 6) is 2.26. The molecule has 0 aliphatic carbocycles. The lowest BCUT2D eigenvalue weighted by Crippen LogP contribution is -2.41. The second kappa shape index (κ2) is 45.7. The summed E-state index contributed by atoms with van der Waals surface area (Å²) in [5.41, 5.74) is 34.2. The minimum absolute atomic E-state index is 0.00206. The first-order valence-corrected chi connectivity index (χ1v) is 42.3. The summed E-state index contributed by atoms with van der Waals surface area (Å²) in [7, 11) is -0.393. The molecule has 0 radical (unpaired) electrons. The second-order valence-electron chi connectivity index (χ2n) is 27.3. The number of halogens is 7. The molecule has 0 aromatic carbocycles. The first-order chi connectivity index (χ1) is 53.0. The van der Waals surface area contributed by atoms with E-state index < -0.39 is 21.9 Å². The maximum absolute atomic E-state index is 10.9. The van der Waals surface area contributed by atoms with Gasteiger partial charge in [0.15, 0.2) is 15.9 Å². The molecule has 0 unspecified atom stereocenters. The minimum atomic E-state index is -0.549. The zero-order chi connectivity index (χ0) is 85.3. The van der Waals surface area contributed by atoms with Crippen molar-refractivity contribution >= 4 is 198 Å². The van der Waals surface area contributed by atoms with Crippen molar-refractivity contribution in [3.63, 3.8) is 0 Å². The van der Waals surface area contributed by atoms with Gasteiger partial charge in [-0.25, -0.2) is 49.8 Å². The van der Waals surface area contributed by atoms with Crippen LogP contribution in [0.15, 0.2) is 111 Å². The van der Waals surface area contributed by atoms with Crippen LogP contribution in [0.25, 0.3) is 22.3 Å². The average molecular weight is 2010 g/mol. The highest BCUT2D eigenvalue weighted by Gasteiger charge is 2.52. The number of aromatic nitrogens is 12. The number of nitrogen functional groups attached to an aromatic ring is 4. The fraction of sp³-hybridized carbons (Fsp3) is 0.447. The second-order valence-corrected chi connectivity index (χ2v) is 33.2. The third-order valence-electron chi connectivity index (χ3n) is 16.9. The molecule has 612 valence electrons. The van der Waals surface area contributed by atoms with Gasteiger partial charge in [0, 0.05) is 86.1 Å². The summed E-state index contributed by atoms with van der Waals surface area (Å²) in [5, 5.41) is 38.0. The number of nitrogens with one attached hydrogen (secondary N) is 2. The molecular weight excluding hydrogens is 1910 g/mol. The number of rotatable bonds is 18. The van der Waals surface area contributed by atoms with E-state index in [4.69, 9.17) is 37.2 Å². The number of pyridine rings is 8. The maximum atomic E-state index is 10.9. The largest absolute Gasteiger partial charge is 0.496 e. The van der Waals surface area contributed by atoms with E-state index in [0.29, 0.717) is 61.1 Å². The topological polar surface area (TPSA) is 415 Å². The first kappa shape index (κ1) is 97.8. The van der Waals surface area contributed by atoms with Gasteiger partial charge in [0.1, 0.15) is 28.5 Å². The number of aryl methyl sites for hydroxylation is 8. The number of fused-ring (bicyclic) bond motifs is 2. The third-order valence-corrected chi connectivity index (χ3v) is 21.7. The van der Waals surface area contributed by atoms with Crippen molar-refractivity contribution in [2.24, 2.45) is 0 Å². The molecule has 29 nitrogen and oxygen atoms in total. The zero-order valence-corrected chi connectivity index (χ0v) is 78.6. The van der Waals surface area contributed by atoms with Crippen molar-refractivity contribution in [1.29, 1.82) is 0 Å². The number of anilines is 6. The van der Waals surface area contributed by atoms with Crippen LogP contribution in [0, 0.1) is 30.3 Å². The Hall–Kier alpha value is -7.52. The van der Waals surface area contributed by atoms with E-state index in [2.05, 4.69) is 279 Å². The number of imidazole rings is 2. The van der Waals surface area contributed by atoms with Crippen LogP contribution in [0.5, 0.6) is 0 Å². The molecular formula is C76H103BBr7N21O8. The van der Waals surface area contributed by atoms with E-state index in [1.165, 1.54) is 18.2 Å². The normalized spacial score (nSPS) is 12.3. The summed E-state index contributed by atoms with van der Waals surface area (Å²) in [6.45, 7) is 41.0. The molecule has 11 heterocycles. The standard InChI is InChI=1S/C17H26BN3O2.C11H14BrN3.C10H14BrN3O2.C10H16BrN3.C7H6Br2N2O2.C7H8BrN3O2.C7H9BrN2.C7H10N2/c1-8-13-12(18-22-16(4,5)17(6,7)23-18)9-14-15(20-13)21(10-19-14)11(2)3;1-4-9-8(12)5-10-11(14-9)15(6-13-10)7(2)3;1-4-8-7(11)5-9(14(15)16)10(13-8)12-6(2)3;1-4-9-7(11)5-8(12)10(14-9)13-6(2)3;2*1-2-5-4(8)3-6(11(12)13)7(9)10-5;1-2-6-5(8)3-4-7(9)10-6;1-2-6-4-3-5-7(8)9-6/h9-11H,8H2,1-7H3;5-7H,4H2,1-3H3;5-6H,4H2,1-3H3,(H,12,13);5-6H,4,12H2,1-3H3,(H,13,14);3H,2H2,1H3;3H,2H2,1H3,(H2,9,10);3-4H,2H2,1H3,(H2,9,10);3-5H,2H2,1H3,(H2,8,9). The Morgan fingerprint density at radius 1 is 0.442 bits per heavy atom. The van der Waals surface area contributed by atoms with E-state index in [1.807, 2.05) is 84.5 Å². The van der Waals surface area contributed by atoms with Gasteiger partial charge in [-0.2, -0.15) is 0 Å². The molecule has 10 aromatic rings. The van der Waals surface area contributed by atoms with Crippen molar-refractivity contribution in [2.75, 3.05) is 33.6 Å². The van der Waals surface area contributed by atoms with Gasteiger partial charge in [0.2, 0.25) is 11.6 Å². The average Bonchev–Trinajstić information content (AvgIpc) is 1.61. The number of nitrogens with two attached hydrogens (primary N) is 4. The summed E-state index contributed by atoms with van der Waals surface area (Å²) < 4.78 is 21.9. The zero-order valence-electron chi connectivity index (χ0n) is 67.5. The molecule has 37 heteroatoms. The maximum Gasteiger partial charge on any atom is 0.496 e. The number of hydrogen-bond acceptors (Lipinski definition) is 24. The highest BCUT2D eigenvalue weighted by molar-refractivity contribution is 9.11. The van der Waals surface area contributed by atoms with Crippen LogP contribution in [0.4, 0.5) is 51.8 Å². The fourth-order valence-electron chi connectivity index (χ4n) is 10.1. The highest BCUT2D eigenvalue weighted by Crippen LogP contribution is 2.38. The molecule has 1 aliphatic rings. The molecule has 1 saturated heterocycles. The van der Waals surface area contributed by atoms with E-state index in [0.717, 1.165) is 138 Å². The third kappa shape index (κ3) is 28.4. The quantitative estimate of drug-likeness (QED) is 0.0201. The predicted octanol–water partition coefficient (Wildman–Crippen LogP) is 20.3. The van der Waals surface area contributed by atoms with Gasteiger partial charge in [-0.05, 0) is 288 Å². The van der Waals surface area contributed by atoms with Gasteiger partial charge < -0.3 is 52.0 Å². The summed E-state index contributed by atoms with van der Waals surface area (Å²) in [4.78, 5) is 73.5. The predicted molar refractivity (Wildman–Crippen MR) is 481 cm³/mol. The first-order valence-electron chi connectivity index (χ1n) is 36.7. The van der Waals surface area contributed by atoms with Crippen molar-refractivity contribution in [1.82, 2.24) is 59.0 Å². The summed E-state index contributed by atoms with van der Waals surface area (Å²) >= 11 is 23.1. The molecule has 0 saturated carbocycles. The molecule has 0 spiro atoms. The number of hydrogen-bond donors (Lipinski definition) is 6. The van der Waals surface area contributed by atoms with Gasteiger partial charge in [-0.3, -0.25) is 30.3 Å². The van der Waals surface area contributed by atoms with Crippen LogP contribution < -0.4 is 39.0 Å². The van der Waals surface area contributed by atoms with Gasteiger partial charge in [-0.1, -0.05) is 61.5 Å². The molecule has 10 aromatic heterocycles. The van der Waals surface area contributed by atoms with Gasteiger partial charge >= 0.3 is 24.2 Å². The van der Waals surface area contributed by atoms with E-state index in [-0.39, 0.29) is 44.7 Å². The van der Waals surface area contributed by atoms with Crippen molar-refractivity contribution in [3.05, 3.63) is 187 Å². The summed E-state index contributed by atoms with van der Waals surface area (Å²) in [6.07, 6.45) is 10.4. The molecule has 0 atom stereocenters. The molecule has 1 aliphatic heterocycles. The van der Waals surface area contributed by atoms with Crippen LogP contribution in [-0.2, 0) is 60.7 Å². The molecule has 0 bridgehead atoms. The monoisotopic (exact) mass is 2000 g/mol. The molecule has 113 heavy (non-hydrogen) atoms. The SMILES string of the molecule is CCc1cccc(N)n1.CCc1nc(Br)c([N+](=O)[O-])cc1Br.CCc1nc(N)c([N+](=O)[O-])cc1Br.CCc1nc(N)ccc1Br.CCc1nc(NC(C)C)c(N)cc1Br.CCc1nc(NC(C)C)c([N+](=O)[O-])cc1Br.CCc1nc2c(cc1B1OC(C)(C)C(C)(C)O1)ncn2C(C)C.CCc1nc2c(cc1Br)ncn2C(C)C. The lowest BCUT2D eigenvalue weighted by atomic mass is 9.77. The lowest BCUT2D eigenvalue weighted by molar-refractivity contribution is -0.386. The van der Waals surface area contributed by atoms with Crippen LogP contribution in [0.2, 0.25) is 0 Å². The Bertz CT molecular complexity index is 4770. The fourth-order valence-corrected chi connectivity index (χ4v) is 14.1. The van der Waals surface area contributed by atoms with E-state index in [9.17, 15) is 30.3 Å². The van der Waals surface area contributed by atoms with E-state index >= 15 is 0 Å². The van der Waals surface area contributed by atoms with Crippen molar-refractivity contribution in [2.45, 2.75) is 225 Å². The Balaban J connectivity index is 0.000000276. The molecule has 0 amide bonds. The Labute approximate surface area is 720 Å². The Morgan fingerprint density at radius 2 is 0.832 bits per heavy atom. The van der Waals surface area contributed by atoms with Crippen LogP contribution >= 0.6 is 112 Å². The Kier molecular flexibility index (Phi) is 39.6. The number of nitrogens with zero attached hydrogens (tertiary/aromatic N) is 15. The van der Waals surface area contributed by atoms with E-state index in [1.54, 1.807) is 12.1 Å². The van der Waals surface area contributed by atoms with Crippen molar-refractivity contribution in [3.8, 4) is 0 Å². The van der Waals surface area contributed by atoms with Crippen LogP contribution in [0.1, 0.15) is 196 Å². The smallest absolute Gasteiger partial charge is 0.399 e. The summed E-state index contributed by atoms with van der Waals surface area (Å²) in [6, 6.07) is 20.9.